The van der Waals surface area contributed by atoms with Gasteiger partial charge >= 0.3 is 0 Å². The molecule has 3 nitrogen and oxygen atoms in total. The maximum atomic E-state index is 11.8. The van der Waals surface area contributed by atoms with Gasteiger partial charge in [0.25, 0.3) is 5.91 Å². The molecule has 0 radical (unpaired) electrons. The summed E-state index contributed by atoms with van der Waals surface area (Å²) in [5.41, 5.74) is 0.561. The lowest BCUT2D eigenvalue weighted by Crippen LogP contribution is -2.34. The molecule has 0 atom stereocenters. The van der Waals surface area contributed by atoms with Gasteiger partial charge in [0.05, 0.1) is 0 Å². The Labute approximate surface area is 105 Å². The summed E-state index contributed by atoms with van der Waals surface area (Å²) in [4.78, 5) is 15.9. The molecule has 0 aliphatic rings. The molecule has 0 saturated carbocycles. The predicted molar refractivity (Wildman–Crippen MR) is 68.3 cm³/mol. The Balaban J connectivity index is 2.64. The van der Waals surface area contributed by atoms with Crippen LogP contribution in [0, 0.1) is 5.41 Å². The zero-order chi connectivity index (χ0) is 12.2. The number of hydrogen-bond acceptors (Lipinski definition) is 2. The minimum atomic E-state index is -0.131. The van der Waals surface area contributed by atoms with Crippen molar-refractivity contribution in [2.45, 2.75) is 27.2 Å². The molecular formula is C12H17BrN2O. The van der Waals surface area contributed by atoms with Crippen LogP contribution in [0.25, 0.3) is 0 Å². The Kier molecular flexibility index (Phi) is 4.47. The van der Waals surface area contributed by atoms with E-state index in [2.05, 4.69) is 47.0 Å². The number of nitrogens with one attached hydrogen (secondary N) is 1. The molecule has 16 heavy (non-hydrogen) atoms. The standard InChI is InChI=1S/C12H17BrN2O/c1-4-12(2,3)8-15-11(16)10-9(13)6-5-7-14-10/h5-7H,4,8H2,1-3H3,(H,15,16). The third kappa shape index (κ3) is 3.59. The number of rotatable bonds is 4. The van der Waals surface area contributed by atoms with Gasteiger partial charge in [0.15, 0.2) is 0 Å². The number of carbonyl (C=O) groups is 1. The molecule has 0 aromatic carbocycles. The number of aromatic nitrogens is 1. The van der Waals surface area contributed by atoms with Crippen molar-refractivity contribution in [2.75, 3.05) is 6.54 Å². The Morgan fingerprint density at radius 2 is 2.25 bits per heavy atom. The highest BCUT2D eigenvalue weighted by atomic mass is 79.9. The minimum Gasteiger partial charge on any atom is -0.350 e. The van der Waals surface area contributed by atoms with E-state index in [1.807, 2.05) is 6.07 Å². The largest absolute Gasteiger partial charge is 0.350 e. The molecule has 1 heterocycles. The molecule has 1 rings (SSSR count). The summed E-state index contributed by atoms with van der Waals surface area (Å²) >= 11 is 3.31. The quantitative estimate of drug-likeness (QED) is 0.924. The van der Waals surface area contributed by atoms with E-state index < -0.39 is 0 Å². The lowest BCUT2D eigenvalue weighted by molar-refractivity contribution is 0.0930. The zero-order valence-electron chi connectivity index (χ0n) is 9.88. The predicted octanol–water partition coefficient (Wildman–Crippen LogP) is 3.01. The number of amides is 1. The van der Waals surface area contributed by atoms with Crippen LogP contribution in [-0.2, 0) is 0 Å². The number of pyridine rings is 1. The highest BCUT2D eigenvalue weighted by Crippen LogP contribution is 2.18. The number of hydrogen-bond donors (Lipinski definition) is 1. The summed E-state index contributed by atoms with van der Waals surface area (Å²) in [6, 6.07) is 3.60. The second-order valence-corrected chi connectivity index (χ2v) is 5.39. The molecule has 1 aromatic heterocycles. The van der Waals surface area contributed by atoms with Crippen molar-refractivity contribution < 1.29 is 4.79 Å². The van der Waals surface area contributed by atoms with Crippen LogP contribution in [0.4, 0.5) is 0 Å². The highest BCUT2D eigenvalue weighted by molar-refractivity contribution is 9.10. The lowest BCUT2D eigenvalue weighted by atomic mass is 9.90. The van der Waals surface area contributed by atoms with E-state index in [9.17, 15) is 4.79 Å². The van der Waals surface area contributed by atoms with Gasteiger partial charge in [-0.15, -0.1) is 0 Å². The highest BCUT2D eigenvalue weighted by Gasteiger charge is 2.18. The zero-order valence-corrected chi connectivity index (χ0v) is 11.5. The maximum Gasteiger partial charge on any atom is 0.271 e. The average molecular weight is 285 g/mol. The van der Waals surface area contributed by atoms with Crippen molar-refractivity contribution in [2.24, 2.45) is 5.41 Å². The van der Waals surface area contributed by atoms with Gasteiger partial charge in [-0.2, -0.15) is 0 Å². The molecular weight excluding hydrogens is 268 g/mol. The molecule has 0 aliphatic heterocycles. The van der Waals surface area contributed by atoms with Crippen LogP contribution in [0.5, 0.6) is 0 Å². The molecule has 88 valence electrons. The monoisotopic (exact) mass is 284 g/mol. The third-order valence-corrected chi connectivity index (χ3v) is 3.30. The molecule has 0 saturated heterocycles. The van der Waals surface area contributed by atoms with E-state index in [1.54, 1.807) is 12.3 Å². The molecule has 0 aliphatic carbocycles. The fraction of sp³-hybridized carbons (Fsp3) is 0.500. The Morgan fingerprint density at radius 1 is 1.56 bits per heavy atom. The molecule has 0 spiro atoms. The first-order chi connectivity index (χ1) is 7.46. The summed E-state index contributed by atoms with van der Waals surface area (Å²) < 4.78 is 0.724. The van der Waals surface area contributed by atoms with Gasteiger partial charge in [0.2, 0.25) is 0 Å². The Bertz CT molecular complexity index is 377. The van der Waals surface area contributed by atoms with E-state index in [0.717, 1.165) is 10.9 Å². The first-order valence-electron chi connectivity index (χ1n) is 5.35. The first-order valence-corrected chi connectivity index (χ1v) is 6.14. The van der Waals surface area contributed by atoms with Crippen LogP contribution in [0.1, 0.15) is 37.7 Å². The van der Waals surface area contributed by atoms with Crippen molar-refractivity contribution in [1.82, 2.24) is 10.3 Å². The molecule has 4 heteroatoms. The smallest absolute Gasteiger partial charge is 0.271 e. The Morgan fingerprint density at radius 3 is 2.81 bits per heavy atom. The van der Waals surface area contributed by atoms with Crippen molar-refractivity contribution in [3.05, 3.63) is 28.5 Å². The van der Waals surface area contributed by atoms with E-state index >= 15 is 0 Å². The van der Waals surface area contributed by atoms with E-state index in [4.69, 9.17) is 0 Å². The molecule has 0 unspecified atom stereocenters. The van der Waals surface area contributed by atoms with Gasteiger partial charge in [0.1, 0.15) is 5.69 Å². The average Bonchev–Trinajstić information content (AvgIpc) is 2.27. The summed E-state index contributed by atoms with van der Waals surface area (Å²) in [6.45, 7) is 7.02. The van der Waals surface area contributed by atoms with Crippen LogP contribution in [0.15, 0.2) is 22.8 Å². The molecule has 0 bridgehead atoms. The normalized spacial score (nSPS) is 11.2. The van der Waals surface area contributed by atoms with Gasteiger partial charge in [-0.1, -0.05) is 20.8 Å². The van der Waals surface area contributed by atoms with Gasteiger partial charge < -0.3 is 5.32 Å². The van der Waals surface area contributed by atoms with Gasteiger partial charge in [-0.25, -0.2) is 4.98 Å². The fourth-order valence-corrected chi connectivity index (χ4v) is 1.52. The van der Waals surface area contributed by atoms with E-state index in [0.29, 0.717) is 12.2 Å². The second-order valence-electron chi connectivity index (χ2n) is 4.53. The van der Waals surface area contributed by atoms with Crippen LogP contribution >= 0.6 is 15.9 Å². The van der Waals surface area contributed by atoms with Crippen LogP contribution < -0.4 is 5.32 Å². The molecule has 1 aromatic rings. The SMILES string of the molecule is CCC(C)(C)CNC(=O)c1ncccc1Br. The van der Waals surface area contributed by atoms with E-state index in [-0.39, 0.29) is 11.3 Å². The molecule has 1 amide bonds. The Hall–Kier alpha value is -0.900. The van der Waals surface area contributed by atoms with Crippen molar-refractivity contribution in [1.29, 1.82) is 0 Å². The number of halogens is 1. The molecule has 1 N–H and O–H groups in total. The molecule has 0 fully saturated rings. The summed E-state index contributed by atoms with van der Waals surface area (Å²) in [7, 11) is 0. The van der Waals surface area contributed by atoms with Crippen molar-refractivity contribution >= 4 is 21.8 Å². The van der Waals surface area contributed by atoms with Gasteiger partial charge in [-0.3, -0.25) is 4.79 Å². The van der Waals surface area contributed by atoms with E-state index in [1.165, 1.54) is 0 Å². The lowest BCUT2D eigenvalue weighted by Gasteiger charge is -2.22. The van der Waals surface area contributed by atoms with Crippen LogP contribution in [-0.4, -0.2) is 17.4 Å². The summed E-state index contributed by atoms with van der Waals surface area (Å²) in [5.74, 6) is -0.131. The van der Waals surface area contributed by atoms with Crippen LogP contribution in [0.3, 0.4) is 0 Å². The third-order valence-electron chi connectivity index (χ3n) is 2.66. The van der Waals surface area contributed by atoms with Crippen LogP contribution in [0.2, 0.25) is 0 Å². The topological polar surface area (TPSA) is 42.0 Å². The summed E-state index contributed by atoms with van der Waals surface area (Å²) in [5, 5.41) is 2.90. The van der Waals surface area contributed by atoms with Crippen molar-refractivity contribution in [3.8, 4) is 0 Å². The second kappa shape index (κ2) is 5.43. The number of carbonyl (C=O) groups excluding carboxylic acids is 1. The van der Waals surface area contributed by atoms with Crippen molar-refractivity contribution in [3.63, 3.8) is 0 Å². The first kappa shape index (κ1) is 13.2. The fourth-order valence-electron chi connectivity index (χ4n) is 1.08. The summed E-state index contributed by atoms with van der Waals surface area (Å²) in [6.07, 6.45) is 2.64. The number of nitrogens with zero attached hydrogens (tertiary/aromatic N) is 1. The van der Waals surface area contributed by atoms with Gasteiger partial charge in [-0.05, 0) is 39.9 Å². The minimum absolute atomic E-state index is 0.122. The van der Waals surface area contributed by atoms with Gasteiger partial charge in [0, 0.05) is 17.2 Å². The maximum absolute atomic E-state index is 11.8.